The minimum Gasteiger partial charge on any atom is -0.468 e. The average molecular weight is 393 g/mol. The van der Waals surface area contributed by atoms with Crippen LogP contribution in [0, 0.1) is 5.92 Å². The van der Waals surface area contributed by atoms with Crippen molar-refractivity contribution in [2.24, 2.45) is 5.92 Å². The van der Waals surface area contributed by atoms with Crippen molar-refractivity contribution in [3.63, 3.8) is 0 Å². The van der Waals surface area contributed by atoms with Crippen molar-refractivity contribution in [3.05, 3.63) is 16.0 Å². The van der Waals surface area contributed by atoms with Gasteiger partial charge in [-0.15, -0.1) is 21.5 Å². The van der Waals surface area contributed by atoms with Gasteiger partial charge < -0.3 is 4.74 Å². The van der Waals surface area contributed by atoms with Gasteiger partial charge in [-0.25, -0.2) is 9.99 Å². The van der Waals surface area contributed by atoms with E-state index in [-0.39, 0.29) is 17.9 Å². The number of carbonyl (C=O) groups excluding carboxylic acids is 1. The molecule has 2 aliphatic heterocycles. The fourth-order valence-corrected chi connectivity index (χ4v) is 6.27. The van der Waals surface area contributed by atoms with Gasteiger partial charge in [0.15, 0.2) is 5.16 Å². The molecular weight excluding hydrogens is 372 g/mol. The van der Waals surface area contributed by atoms with Gasteiger partial charge in [-0.2, -0.15) is 0 Å². The molecule has 0 bridgehead atoms. The molecule has 0 radical (unpaired) electrons. The van der Waals surface area contributed by atoms with Crippen LogP contribution in [0.5, 0.6) is 0 Å². The Labute approximate surface area is 159 Å². The van der Waals surface area contributed by atoms with E-state index in [0.29, 0.717) is 6.67 Å². The second-order valence-electron chi connectivity index (χ2n) is 6.86. The standard InChI is InChI=1S/C16H20N6O2S2/c1-8-3-4-9-10(5-8)26-14-12(9)13-17-7-18-22(13)15-19-20-16(21(14)15)25-6-11(23)24-2/h8,13,17-18H,3-7H2,1-2H3/t8-,13?/m0/s1. The summed E-state index contributed by atoms with van der Waals surface area (Å²) in [6, 6.07) is 0. The van der Waals surface area contributed by atoms with E-state index in [1.165, 1.54) is 46.3 Å². The summed E-state index contributed by atoms with van der Waals surface area (Å²) in [6.45, 7) is 3.02. The summed E-state index contributed by atoms with van der Waals surface area (Å²) in [5.74, 6) is 1.45. The third kappa shape index (κ3) is 2.39. The third-order valence-electron chi connectivity index (χ3n) is 5.19. The quantitative estimate of drug-likeness (QED) is 0.602. The monoisotopic (exact) mass is 392 g/mol. The number of ether oxygens (including phenoxy) is 1. The van der Waals surface area contributed by atoms with Gasteiger partial charge in [-0.1, -0.05) is 18.7 Å². The first-order valence-corrected chi connectivity index (χ1v) is 10.5. The number of fused-ring (bicyclic) bond motifs is 8. The zero-order valence-electron chi connectivity index (χ0n) is 14.6. The van der Waals surface area contributed by atoms with Crippen LogP contribution >= 0.6 is 23.1 Å². The van der Waals surface area contributed by atoms with Crippen molar-refractivity contribution in [1.29, 1.82) is 0 Å². The number of carbonyl (C=O) groups is 1. The zero-order valence-corrected chi connectivity index (χ0v) is 16.2. The number of hydrogen-bond donors (Lipinski definition) is 2. The minimum atomic E-state index is -0.262. The third-order valence-corrected chi connectivity index (χ3v) is 7.35. The normalized spacial score (nSPS) is 23.2. The Bertz CT molecular complexity index is 878. The van der Waals surface area contributed by atoms with Crippen LogP contribution in [0.2, 0.25) is 0 Å². The molecule has 2 aromatic rings. The number of thioether (sulfide) groups is 1. The molecule has 26 heavy (non-hydrogen) atoms. The largest absolute Gasteiger partial charge is 0.468 e. The molecule has 2 N–H and O–H groups in total. The summed E-state index contributed by atoms with van der Waals surface area (Å²) in [7, 11) is 1.40. The van der Waals surface area contributed by atoms with Crippen molar-refractivity contribution in [2.45, 2.75) is 37.5 Å². The highest BCUT2D eigenvalue weighted by atomic mass is 32.2. The summed E-state index contributed by atoms with van der Waals surface area (Å²) < 4.78 is 6.85. The van der Waals surface area contributed by atoms with Crippen LogP contribution in [0.3, 0.4) is 0 Å². The molecule has 2 atom stereocenters. The number of hydrazine groups is 1. The first kappa shape index (κ1) is 16.5. The van der Waals surface area contributed by atoms with Gasteiger partial charge in [0.05, 0.1) is 19.5 Å². The highest BCUT2D eigenvalue weighted by Gasteiger charge is 2.42. The van der Waals surface area contributed by atoms with E-state index in [1.807, 2.05) is 11.3 Å². The molecule has 0 aromatic carbocycles. The van der Waals surface area contributed by atoms with E-state index in [2.05, 4.69) is 37.4 Å². The van der Waals surface area contributed by atoms with Gasteiger partial charge in [-0.05, 0) is 30.7 Å². The van der Waals surface area contributed by atoms with E-state index in [4.69, 9.17) is 4.74 Å². The van der Waals surface area contributed by atoms with Crippen molar-refractivity contribution < 1.29 is 9.53 Å². The number of aromatic nitrogens is 3. The molecule has 3 aliphatic rings. The fraction of sp³-hybridized carbons (Fsp3) is 0.562. The Hall–Kier alpha value is -1.62. The van der Waals surface area contributed by atoms with Gasteiger partial charge in [0.2, 0.25) is 5.95 Å². The van der Waals surface area contributed by atoms with Gasteiger partial charge in [-0.3, -0.25) is 15.1 Å². The van der Waals surface area contributed by atoms with Crippen LogP contribution in [-0.4, -0.2) is 40.3 Å². The van der Waals surface area contributed by atoms with Gasteiger partial charge in [0.25, 0.3) is 0 Å². The molecule has 8 nitrogen and oxygen atoms in total. The first-order chi connectivity index (χ1) is 12.7. The van der Waals surface area contributed by atoms with Crippen molar-refractivity contribution in [1.82, 2.24) is 25.5 Å². The first-order valence-electron chi connectivity index (χ1n) is 8.73. The molecule has 0 amide bonds. The van der Waals surface area contributed by atoms with E-state index < -0.39 is 0 Å². The van der Waals surface area contributed by atoms with Crippen molar-refractivity contribution >= 4 is 35.0 Å². The van der Waals surface area contributed by atoms with Crippen LogP contribution < -0.4 is 15.8 Å². The lowest BCUT2D eigenvalue weighted by atomic mass is 9.87. The molecule has 1 fully saturated rings. The van der Waals surface area contributed by atoms with E-state index in [0.717, 1.165) is 29.9 Å². The number of methoxy groups -OCH3 is 1. The van der Waals surface area contributed by atoms with E-state index >= 15 is 0 Å². The summed E-state index contributed by atoms with van der Waals surface area (Å²) in [5.41, 5.74) is 6.18. The maximum Gasteiger partial charge on any atom is 0.316 e. The molecule has 4 heterocycles. The summed E-state index contributed by atoms with van der Waals surface area (Å²) >= 11 is 3.22. The highest BCUT2D eigenvalue weighted by Crippen LogP contribution is 2.48. The minimum absolute atomic E-state index is 0.0913. The van der Waals surface area contributed by atoms with Crippen LogP contribution in [0.1, 0.15) is 35.5 Å². The Balaban J connectivity index is 1.62. The Morgan fingerprint density at radius 3 is 3.19 bits per heavy atom. The maximum atomic E-state index is 11.6. The fourth-order valence-electron chi connectivity index (χ4n) is 3.91. The van der Waals surface area contributed by atoms with Crippen LogP contribution in [-0.2, 0) is 22.4 Å². The molecule has 1 unspecified atom stereocenters. The predicted molar refractivity (Wildman–Crippen MR) is 99.5 cm³/mol. The molecule has 1 saturated heterocycles. The van der Waals surface area contributed by atoms with Crippen molar-refractivity contribution in [2.75, 3.05) is 24.5 Å². The number of esters is 1. The molecule has 10 heteroatoms. The van der Waals surface area contributed by atoms with Gasteiger partial charge in [0, 0.05) is 10.4 Å². The highest BCUT2D eigenvalue weighted by molar-refractivity contribution is 7.99. The lowest BCUT2D eigenvalue weighted by Gasteiger charge is -2.31. The smallest absolute Gasteiger partial charge is 0.316 e. The number of anilines is 1. The number of nitrogens with zero attached hydrogens (tertiary/aromatic N) is 4. The topological polar surface area (TPSA) is 84.3 Å². The van der Waals surface area contributed by atoms with E-state index in [1.54, 1.807) is 0 Å². The van der Waals surface area contributed by atoms with Gasteiger partial charge >= 0.3 is 5.97 Å². The maximum absolute atomic E-state index is 11.6. The Morgan fingerprint density at radius 1 is 1.46 bits per heavy atom. The number of rotatable bonds is 3. The molecule has 0 saturated carbocycles. The Morgan fingerprint density at radius 2 is 2.35 bits per heavy atom. The van der Waals surface area contributed by atoms with Crippen molar-refractivity contribution in [3.8, 4) is 5.00 Å². The molecule has 0 spiro atoms. The number of hydrogen-bond acceptors (Lipinski definition) is 9. The summed E-state index contributed by atoms with van der Waals surface area (Å²) in [4.78, 5) is 13.0. The van der Waals surface area contributed by atoms with Gasteiger partial charge in [0.1, 0.15) is 11.2 Å². The Kier molecular flexibility index (Phi) is 3.96. The number of nitrogens with one attached hydrogen (secondary N) is 2. The van der Waals surface area contributed by atoms with Crippen LogP contribution in [0.15, 0.2) is 5.16 Å². The summed E-state index contributed by atoms with van der Waals surface area (Å²) in [5, 5.41) is 16.2. The summed E-state index contributed by atoms with van der Waals surface area (Å²) in [6.07, 6.45) is 3.58. The second-order valence-corrected chi connectivity index (χ2v) is 8.89. The molecule has 1 aliphatic carbocycles. The van der Waals surface area contributed by atoms with Crippen LogP contribution in [0.25, 0.3) is 5.00 Å². The molecule has 138 valence electrons. The second kappa shape index (κ2) is 6.22. The van der Waals surface area contributed by atoms with Crippen LogP contribution in [0.4, 0.5) is 5.95 Å². The lowest BCUT2D eigenvalue weighted by molar-refractivity contribution is -0.137. The molecule has 2 aromatic heterocycles. The number of thiophene rings is 1. The SMILES string of the molecule is COC(=O)CSc1nnc2n1-c1sc3c(c1C1NCNN21)CC[C@H](C)C3. The lowest BCUT2D eigenvalue weighted by Crippen LogP contribution is -2.39. The molecule has 5 rings (SSSR count). The molecular formula is C16H20N6O2S2. The van der Waals surface area contributed by atoms with E-state index in [9.17, 15) is 4.79 Å². The predicted octanol–water partition coefficient (Wildman–Crippen LogP) is 1.60. The average Bonchev–Trinajstić information content (AvgIpc) is 3.34. The zero-order chi connectivity index (χ0) is 17.8.